The van der Waals surface area contributed by atoms with E-state index in [1.54, 1.807) is 17.9 Å². The van der Waals surface area contributed by atoms with Crippen LogP contribution in [0.25, 0.3) is 5.69 Å². The first-order valence-corrected chi connectivity index (χ1v) is 8.91. The molecule has 2 aromatic carbocycles. The van der Waals surface area contributed by atoms with Gasteiger partial charge < -0.3 is 15.4 Å². The minimum Gasteiger partial charge on any atom is -0.497 e. The van der Waals surface area contributed by atoms with Gasteiger partial charge in [-0.3, -0.25) is 9.59 Å². The zero-order valence-corrected chi connectivity index (χ0v) is 15.8. The second-order valence-corrected chi connectivity index (χ2v) is 6.20. The van der Waals surface area contributed by atoms with Crippen molar-refractivity contribution in [1.29, 1.82) is 0 Å². The Bertz CT molecular complexity index is 967. The highest BCUT2D eigenvalue weighted by molar-refractivity contribution is 5.95. The molecule has 28 heavy (non-hydrogen) atoms. The van der Waals surface area contributed by atoms with E-state index >= 15 is 0 Å². The van der Waals surface area contributed by atoms with Crippen LogP contribution in [0.1, 0.15) is 23.0 Å². The molecule has 3 aromatic rings. The number of methoxy groups -OCH3 is 1. The Kier molecular flexibility index (Phi) is 6.06. The molecule has 0 saturated carbocycles. The number of anilines is 1. The number of rotatable bonds is 7. The second-order valence-electron chi connectivity index (χ2n) is 6.20. The fourth-order valence-corrected chi connectivity index (χ4v) is 2.77. The third-order valence-corrected chi connectivity index (χ3v) is 4.08. The minimum absolute atomic E-state index is 0.234. The Hall–Kier alpha value is -3.61. The van der Waals surface area contributed by atoms with Crippen LogP contribution in [-0.2, 0) is 11.2 Å². The van der Waals surface area contributed by atoms with Gasteiger partial charge in [0.2, 0.25) is 5.91 Å². The van der Waals surface area contributed by atoms with Crippen molar-refractivity contribution >= 4 is 17.6 Å². The first-order chi connectivity index (χ1) is 13.6. The van der Waals surface area contributed by atoms with Crippen molar-refractivity contribution in [3.8, 4) is 11.4 Å². The number of para-hydroxylation sites is 1. The van der Waals surface area contributed by atoms with Crippen LogP contribution >= 0.6 is 0 Å². The number of ether oxygens (including phenoxy) is 1. The van der Waals surface area contributed by atoms with Gasteiger partial charge in [0.15, 0.2) is 5.69 Å². The topological polar surface area (TPSA) is 85.3 Å². The lowest BCUT2D eigenvalue weighted by Gasteiger charge is -2.06. The summed E-state index contributed by atoms with van der Waals surface area (Å²) in [5, 5.41) is 9.93. The first-order valence-electron chi connectivity index (χ1n) is 8.91. The summed E-state index contributed by atoms with van der Waals surface area (Å²) in [6.45, 7) is 1.87. The number of aromatic nitrogens is 2. The summed E-state index contributed by atoms with van der Waals surface area (Å²) in [5.74, 6) is 0.688. The third-order valence-electron chi connectivity index (χ3n) is 4.08. The van der Waals surface area contributed by atoms with Crippen molar-refractivity contribution in [2.24, 2.45) is 0 Å². The van der Waals surface area contributed by atoms with Crippen molar-refractivity contribution < 1.29 is 14.3 Å². The first kappa shape index (κ1) is 19.2. The number of nitrogens with zero attached hydrogens (tertiary/aromatic N) is 2. The highest BCUT2D eigenvalue weighted by Crippen LogP contribution is 2.17. The van der Waals surface area contributed by atoms with Crippen LogP contribution in [-0.4, -0.2) is 35.2 Å². The average Bonchev–Trinajstić information content (AvgIpc) is 3.12. The second kappa shape index (κ2) is 8.85. The quantitative estimate of drug-likeness (QED) is 0.662. The summed E-state index contributed by atoms with van der Waals surface area (Å²) in [4.78, 5) is 24.0. The molecule has 0 saturated heterocycles. The number of carbonyl (C=O) groups is 2. The van der Waals surface area contributed by atoms with E-state index in [1.165, 1.54) is 6.92 Å². The summed E-state index contributed by atoms with van der Waals surface area (Å²) in [6.07, 6.45) is 0.668. The Morgan fingerprint density at radius 3 is 2.57 bits per heavy atom. The van der Waals surface area contributed by atoms with Gasteiger partial charge in [-0.05, 0) is 36.2 Å². The number of hydrogen-bond donors (Lipinski definition) is 2. The molecule has 0 atom stereocenters. The van der Waals surface area contributed by atoms with E-state index in [1.807, 2.05) is 54.6 Å². The summed E-state index contributed by atoms with van der Waals surface area (Å²) in [5.41, 5.74) is 2.05. The van der Waals surface area contributed by atoms with Gasteiger partial charge in [0.25, 0.3) is 5.91 Å². The van der Waals surface area contributed by atoms with Gasteiger partial charge in [-0.15, -0.1) is 0 Å². The molecule has 0 aliphatic carbocycles. The van der Waals surface area contributed by atoms with Crippen molar-refractivity contribution in [2.45, 2.75) is 13.3 Å². The van der Waals surface area contributed by atoms with Gasteiger partial charge in [-0.2, -0.15) is 5.10 Å². The van der Waals surface area contributed by atoms with E-state index in [9.17, 15) is 9.59 Å². The van der Waals surface area contributed by atoms with E-state index in [4.69, 9.17) is 4.74 Å². The van der Waals surface area contributed by atoms with Crippen LogP contribution < -0.4 is 15.4 Å². The van der Waals surface area contributed by atoms with Crippen molar-refractivity contribution in [1.82, 2.24) is 15.1 Å². The lowest BCUT2D eigenvalue weighted by Crippen LogP contribution is -2.26. The third kappa shape index (κ3) is 4.76. The molecule has 7 nitrogen and oxygen atoms in total. The lowest BCUT2D eigenvalue weighted by molar-refractivity contribution is -0.114. The molecule has 7 heteroatoms. The predicted octanol–water partition coefficient (Wildman–Crippen LogP) is 2.81. The van der Waals surface area contributed by atoms with Gasteiger partial charge in [-0.25, -0.2) is 4.68 Å². The van der Waals surface area contributed by atoms with Crippen LogP contribution in [0, 0.1) is 0 Å². The van der Waals surface area contributed by atoms with E-state index in [2.05, 4.69) is 15.7 Å². The number of nitrogens with one attached hydrogen (secondary N) is 2. The van der Waals surface area contributed by atoms with E-state index in [0.29, 0.717) is 18.8 Å². The largest absolute Gasteiger partial charge is 0.497 e. The van der Waals surface area contributed by atoms with E-state index in [0.717, 1.165) is 17.0 Å². The molecule has 144 valence electrons. The summed E-state index contributed by atoms with van der Waals surface area (Å²) < 4.78 is 6.75. The van der Waals surface area contributed by atoms with Crippen LogP contribution in [0.2, 0.25) is 0 Å². The van der Waals surface area contributed by atoms with Crippen molar-refractivity contribution in [3.05, 3.63) is 71.9 Å². The van der Waals surface area contributed by atoms with Crippen LogP contribution in [0.4, 0.5) is 5.82 Å². The Morgan fingerprint density at radius 1 is 1.07 bits per heavy atom. The van der Waals surface area contributed by atoms with Crippen LogP contribution in [0.15, 0.2) is 60.7 Å². The zero-order valence-electron chi connectivity index (χ0n) is 15.8. The number of benzene rings is 2. The van der Waals surface area contributed by atoms with Crippen LogP contribution in [0.3, 0.4) is 0 Å². The fraction of sp³-hybridized carbons (Fsp3) is 0.190. The van der Waals surface area contributed by atoms with Crippen molar-refractivity contribution in [3.63, 3.8) is 0 Å². The number of amides is 2. The predicted molar refractivity (Wildman–Crippen MR) is 107 cm³/mol. The maximum absolute atomic E-state index is 12.5. The summed E-state index contributed by atoms with van der Waals surface area (Å²) in [7, 11) is 1.62. The molecule has 0 radical (unpaired) electrons. The summed E-state index contributed by atoms with van der Waals surface area (Å²) in [6, 6.07) is 18.6. The van der Waals surface area contributed by atoms with Crippen LogP contribution in [0.5, 0.6) is 5.75 Å². The van der Waals surface area contributed by atoms with Gasteiger partial charge in [0.1, 0.15) is 11.6 Å². The summed E-state index contributed by atoms with van der Waals surface area (Å²) >= 11 is 0. The maximum Gasteiger partial charge on any atom is 0.271 e. The Labute approximate surface area is 163 Å². The Morgan fingerprint density at radius 2 is 1.86 bits per heavy atom. The number of carbonyl (C=O) groups excluding carboxylic acids is 2. The molecule has 0 aliphatic rings. The highest BCUT2D eigenvalue weighted by atomic mass is 16.5. The molecule has 1 heterocycles. The highest BCUT2D eigenvalue weighted by Gasteiger charge is 2.16. The molecular weight excluding hydrogens is 356 g/mol. The average molecular weight is 378 g/mol. The molecule has 0 unspecified atom stereocenters. The lowest BCUT2D eigenvalue weighted by atomic mass is 10.1. The molecule has 3 rings (SSSR count). The van der Waals surface area contributed by atoms with Gasteiger partial charge in [-0.1, -0.05) is 30.3 Å². The Balaban J connectivity index is 1.70. The molecular formula is C21H22N4O3. The minimum atomic E-state index is -0.302. The monoisotopic (exact) mass is 378 g/mol. The van der Waals surface area contributed by atoms with E-state index in [-0.39, 0.29) is 17.5 Å². The smallest absolute Gasteiger partial charge is 0.271 e. The van der Waals surface area contributed by atoms with Gasteiger partial charge >= 0.3 is 0 Å². The molecule has 0 bridgehead atoms. The van der Waals surface area contributed by atoms with Crippen molar-refractivity contribution in [2.75, 3.05) is 19.0 Å². The molecule has 0 fully saturated rings. The molecule has 0 aliphatic heterocycles. The molecule has 0 spiro atoms. The van der Waals surface area contributed by atoms with E-state index < -0.39 is 0 Å². The fourth-order valence-electron chi connectivity index (χ4n) is 2.77. The molecule has 2 amide bonds. The standard InChI is InChI=1S/C21H22N4O3/c1-15(26)23-20-14-19(24-25(20)17-8-4-3-5-9-17)21(27)22-12-11-16-7-6-10-18(13-16)28-2/h3-10,13-14H,11-12H2,1-2H3,(H,22,27)(H,23,26). The zero-order chi connectivity index (χ0) is 19.9. The maximum atomic E-state index is 12.5. The van der Waals surface area contributed by atoms with Gasteiger partial charge in [0.05, 0.1) is 12.8 Å². The number of hydrogen-bond acceptors (Lipinski definition) is 4. The normalized spacial score (nSPS) is 10.4. The molecule has 1 aromatic heterocycles. The SMILES string of the molecule is COc1cccc(CCNC(=O)c2cc(NC(C)=O)n(-c3ccccc3)n2)c1. The van der Waals surface area contributed by atoms with Gasteiger partial charge in [0, 0.05) is 19.5 Å². The molecule has 2 N–H and O–H groups in total.